The van der Waals surface area contributed by atoms with E-state index in [1.165, 1.54) is 20.9 Å². The fourth-order valence-electron chi connectivity index (χ4n) is 3.00. The van der Waals surface area contributed by atoms with Crippen LogP contribution in [0.4, 0.5) is 0 Å². The van der Waals surface area contributed by atoms with E-state index >= 15 is 0 Å². The van der Waals surface area contributed by atoms with Crippen LogP contribution in [0.25, 0.3) is 0 Å². The van der Waals surface area contributed by atoms with Crippen LogP contribution < -0.4 is 0 Å². The molecule has 3 heterocycles. The van der Waals surface area contributed by atoms with Crippen molar-refractivity contribution in [2.75, 3.05) is 13.1 Å². The Kier molecular flexibility index (Phi) is 5.19. The van der Waals surface area contributed by atoms with Crippen LogP contribution in [0.3, 0.4) is 0 Å². The normalized spacial score (nSPS) is 15.0. The third-order valence-corrected chi connectivity index (χ3v) is 6.50. The molecule has 3 rings (SSSR count). The van der Waals surface area contributed by atoms with E-state index < -0.39 is 0 Å². The van der Waals surface area contributed by atoms with Crippen LogP contribution in [0, 0.1) is 6.92 Å². The minimum Gasteiger partial charge on any atom is -0.334 e. The molecule has 0 atom stereocenters. The second-order valence-corrected chi connectivity index (χ2v) is 8.47. The Balaban J connectivity index is 1.64. The van der Waals surface area contributed by atoms with Gasteiger partial charge in [-0.1, -0.05) is 0 Å². The third kappa shape index (κ3) is 3.84. The molecule has 0 unspecified atom stereocenters. The molecule has 0 saturated carbocycles. The summed E-state index contributed by atoms with van der Waals surface area (Å²) in [4.78, 5) is 19.9. The largest absolute Gasteiger partial charge is 0.334 e. The first-order chi connectivity index (χ1) is 11.0. The van der Waals surface area contributed by atoms with Crippen molar-refractivity contribution in [3.63, 3.8) is 0 Å². The van der Waals surface area contributed by atoms with E-state index in [0.29, 0.717) is 6.54 Å². The van der Waals surface area contributed by atoms with Crippen LogP contribution in [-0.4, -0.2) is 34.8 Å². The molecule has 3 nitrogen and oxygen atoms in total. The van der Waals surface area contributed by atoms with E-state index in [-0.39, 0.29) is 11.9 Å². The first-order valence-corrected chi connectivity index (χ1v) is 9.90. The van der Waals surface area contributed by atoms with Crippen LogP contribution in [0.5, 0.6) is 0 Å². The highest BCUT2D eigenvalue weighted by molar-refractivity contribution is 7.10. The summed E-state index contributed by atoms with van der Waals surface area (Å²) < 4.78 is 0. The molecule has 0 N–H and O–H groups in total. The van der Waals surface area contributed by atoms with Crippen molar-refractivity contribution >= 4 is 28.6 Å². The van der Waals surface area contributed by atoms with Gasteiger partial charge < -0.3 is 4.90 Å². The van der Waals surface area contributed by atoms with Crippen molar-refractivity contribution < 1.29 is 4.79 Å². The molecule has 1 amide bonds. The number of carbonyl (C=O) groups excluding carboxylic acids is 1. The van der Waals surface area contributed by atoms with Crippen molar-refractivity contribution in [1.29, 1.82) is 0 Å². The summed E-state index contributed by atoms with van der Waals surface area (Å²) in [6.07, 6.45) is 1.08. The zero-order valence-corrected chi connectivity index (χ0v) is 15.7. The number of rotatable bonds is 5. The fourth-order valence-corrected chi connectivity index (χ4v) is 4.80. The summed E-state index contributed by atoms with van der Waals surface area (Å²) >= 11 is 3.59. The molecular weight excluding hydrogens is 324 g/mol. The van der Waals surface area contributed by atoms with Crippen LogP contribution in [0.15, 0.2) is 22.9 Å². The number of fused-ring (bicyclic) bond motifs is 1. The van der Waals surface area contributed by atoms with E-state index in [1.54, 1.807) is 11.3 Å². The maximum Gasteiger partial charge on any atom is 0.237 e. The molecule has 0 fully saturated rings. The lowest BCUT2D eigenvalue weighted by Crippen LogP contribution is -2.44. The number of carbonyl (C=O) groups is 1. The zero-order chi connectivity index (χ0) is 16.4. The molecule has 5 heteroatoms. The van der Waals surface area contributed by atoms with Gasteiger partial charge in [0.25, 0.3) is 0 Å². The highest BCUT2D eigenvalue weighted by Crippen LogP contribution is 2.24. The van der Waals surface area contributed by atoms with Crippen LogP contribution in [0.1, 0.15) is 34.7 Å². The van der Waals surface area contributed by atoms with E-state index in [4.69, 9.17) is 0 Å². The molecule has 124 valence electrons. The quantitative estimate of drug-likeness (QED) is 0.818. The minimum atomic E-state index is 0.227. The third-order valence-electron chi connectivity index (χ3n) is 4.47. The molecule has 0 aliphatic carbocycles. The summed E-state index contributed by atoms with van der Waals surface area (Å²) in [5.74, 6) is 0.242. The van der Waals surface area contributed by atoms with Crippen molar-refractivity contribution in [2.45, 2.75) is 46.3 Å². The first kappa shape index (κ1) is 16.7. The van der Waals surface area contributed by atoms with E-state index in [1.807, 2.05) is 16.2 Å². The van der Waals surface area contributed by atoms with Crippen LogP contribution in [0.2, 0.25) is 0 Å². The van der Waals surface area contributed by atoms with Gasteiger partial charge in [-0.15, -0.1) is 22.7 Å². The topological polar surface area (TPSA) is 23.6 Å². The highest BCUT2D eigenvalue weighted by Gasteiger charge is 2.24. The Morgan fingerprint density at radius 1 is 1.30 bits per heavy atom. The van der Waals surface area contributed by atoms with E-state index in [2.05, 4.69) is 48.6 Å². The smallest absolute Gasteiger partial charge is 0.237 e. The van der Waals surface area contributed by atoms with E-state index in [9.17, 15) is 4.79 Å². The SMILES string of the molecule is Cc1ccsc1CN(C(=O)CN1CCc2sccc2C1)C(C)C. The molecule has 0 aromatic carbocycles. The summed E-state index contributed by atoms with van der Waals surface area (Å²) in [6, 6.07) is 4.56. The Labute approximate surface area is 146 Å². The Morgan fingerprint density at radius 2 is 2.09 bits per heavy atom. The maximum absolute atomic E-state index is 12.8. The predicted molar refractivity (Wildman–Crippen MR) is 98.0 cm³/mol. The Bertz CT molecular complexity index is 674. The summed E-state index contributed by atoms with van der Waals surface area (Å²) in [5.41, 5.74) is 2.69. The van der Waals surface area contributed by atoms with Crippen LogP contribution in [-0.2, 0) is 24.3 Å². The molecule has 2 aromatic rings. The average Bonchev–Trinajstić information content (AvgIpc) is 3.12. The molecule has 1 aliphatic heterocycles. The molecule has 0 spiro atoms. The maximum atomic E-state index is 12.8. The molecule has 2 aromatic heterocycles. The lowest BCUT2D eigenvalue weighted by Gasteiger charge is -2.31. The number of amides is 1. The van der Waals surface area contributed by atoms with Gasteiger partial charge in [0.2, 0.25) is 5.91 Å². The fraction of sp³-hybridized carbons (Fsp3) is 0.500. The average molecular weight is 349 g/mol. The van der Waals surface area contributed by atoms with Gasteiger partial charge in [0.1, 0.15) is 0 Å². The van der Waals surface area contributed by atoms with Crippen molar-refractivity contribution in [3.05, 3.63) is 43.8 Å². The first-order valence-electron chi connectivity index (χ1n) is 8.14. The lowest BCUT2D eigenvalue weighted by molar-refractivity contribution is -0.135. The molecule has 0 saturated heterocycles. The van der Waals surface area contributed by atoms with Gasteiger partial charge in [-0.25, -0.2) is 0 Å². The molecular formula is C18H24N2OS2. The number of hydrogen-bond donors (Lipinski definition) is 0. The second-order valence-electron chi connectivity index (χ2n) is 6.47. The number of aryl methyl sites for hydroxylation is 1. The van der Waals surface area contributed by atoms with Gasteiger partial charge >= 0.3 is 0 Å². The van der Waals surface area contributed by atoms with Crippen LogP contribution >= 0.6 is 22.7 Å². The molecule has 23 heavy (non-hydrogen) atoms. The summed E-state index contributed by atoms with van der Waals surface area (Å²) in [6.45, 7) is 9.49. The van der Waals surface area contributed by atoms with Crippen molar-refractivity contribution in [1.82, 2.24) is 9.80 Å². The van der Waals surface area contributed by atoms with Gasteiger partial charge in [0, 0.05) is 28.9 Å². The monoisotopic (exact) mass is 348 g/mol. The minimum absolute atomic E-state index is 0.227. The Morgan fingerprint density at radius 3 is 2.78 bits per heavy atom. The van der Waals surface area contributed by atoms with Gasteiger partial charge in [0.15, 0.2) is 0 Å². The predicted octanol–water partition coefficient (Wildman–Crippen LogP) is 3.91. The van der Waals surface area contributed by atoms with Gasteiger partial charge in [-0.05, 0) is 61.2 Å². The van der Waals surface area contributed by atoms with Gasteiger partial charge in [-0.3, -0.25) is 9.69 Å². The second kappa shape index (κ2) is 7.16. The summed E-state index contributed by atoms with van der Waals surface area (Å²) in [7, 11) is 0. The molecule has 0 radical (unpaired) electrons. The number of nitrogens with zero attached hydrogens (tertiary/aromatic N) is 2. The van der Waals surface area contributed by atoms with E-state index in [0.717, 1.165) is 26.1 Å². The van der Waals surface area contributed by atoms with Gasteiger partial charge in [0.05, 0.1) is 13.1 Å². The van der Waals surface area contributed by atoms with Crippen molar-refractivity contribution in [2.24, 2.45) is 0 Å². The van der Waals surface area contributed by atoms with Gasteiger partial charge in [-0.2, -0.15) is 0 Å². The molecule has 1 aliphatic rings. The summed E-state index contributed by atoms with van der Waals surface area (Å²) in [5, 5.41) is 4.27. The molecule has 0 bridgehead atoms. The lowest BCUT2D eigenvalue weighted by atomic mass is 10.1. The highest BCUT2D eigenvalue weighted by atomic mass is 32.1. The van der Waals surface area contributed by atoms with Crippen molar-refractivity contribution in [3.8, 4) is 0 Å². The number of thiophene rings is 2. The zero-order valence-electron chi connectivity index (χ0n) is 14.0. The number of hydrogen-bond acceptors (Lipinski definition) is 4. The standard InChI is InChI=1S/C18H24N2OS2/c1-13(2)20(11-17-14(3)5-8-23-17)18(21)12-19-7-4-16-15(10-19)6-9-22-16/h5-6,8-9,13H,4,7,10-12H2,1-3H3. The Hall–Kier alpha value is -1.17.